The van der Waals surface area contributed by atoms with E-state index < -0.39 is 0 Å². The molecule has 0 unspecified atom stereocenters. The van der Waals surface area contributed by atoms with E-state index in [2.05, 4.69) is 85.9 Å². The number of nitrogens with one attached hydrogen (secondary N) is 3. The molecule has 8 heteroatoms. The molecule has 5 aromatic heterocycles. The topological polar surface area (TPSA) is 91.5 Å². The van der Waals surface area contributed by atoms with Crippen molar-refractivity contribution in [1.82, 2.24) is 30.5 Å². The van der Waals surface area contributed by atoms with Crippen molar-refractivity contribution in [2.75, 3.05) is 13.1 Å². The largest absolute Gasteiger partial charge is 0.489 e. The molecule has 6 heterocycles. The van der Waals surface area contributed by atoms with E-state index in [-0.39, 0.29) is 6.10 Å². The van der Waals surface area contributed by atoms with Crippen molar-refractivity contribution >= 4 is 33.3 Å². The summed E-state index contributed by atoms with van der Waals surface area (Å²) in [5, 5.41) is 13.4. The SMILES string of the molecule is Cc1ccc(-c2ccnc3[nH]c(-c4n[nH]c5ccc(-c6cncc(OC7CCNCC7)c6)cc45)cc23)s1. The molecule has 37 heavy (non-hydrogen) atoms. The Labute approximate surface area is 217 Å². The summed E-state index contributed by atoms with van der Waals surface area (Å²) in [6, 6.07) is 17.0. The van der Waals surface area contributed by atoms with Crippen molar-refractivity contribution < 1.29 is 4.74 Å². The molecular weight excluding hydrogens is 480 g/mol. The van der Waals surface area contributed by atoms with Crippen LogP contribution in [0.1, 0.15) is 17.7 Å². The number of ether oxygens (including phenoxy) is 1. The van der Waals surface area contributed by atoms with Gasteiger partial charge in [-0.25, -0.2) is 4.98 Å². The number of H-pyrrole nitrogens is 2. The number of aryl methyl sites for hydroxylation is 1. The second-order valence-electron chi connectivity index (χ2n) is 9.52. The van der Waals surface area contributed by atoms with E-state index in [0.717, 1.165) is 76.1 Å². The normalized spacial score (nSPS) is 14.5. The Morgan fingerprint density at radius 2 is 1.86 bits per heavy atom. The number of piperidine rings is 1. The smallest absolute Gasteiger partial charge is 0.138 e. The Kier molecular flexibility index (Phi) is 5.48. The highest BCUT2D eigenvalue weighted by Crippen LogP contribution is 2.37. The fourth-order valence-electron chi connectivity index (χ4n) is 5.09. The van der Waals surface area contributed by atoms with Crippen LogP contribution in [0, 0.1) is 6.92 Å². The van der Waals surface area contributed by atoms with Crippen LogP contribution in [-0.4, -0.2) is 44.3 Å². The lowest BCUT2D eigenvalue weighted by Gasteiger charge is -2.23. The molecule has 0 atom stereocenters. The summed E-state index contributed by atoms with van der Waals surface area (Å²) in [5.74, 6) is 0.815. The number of aromatic nitrogens is 5. The van der Waals surface area contributed by atoms with E-state index in [0.29, 0.717) is 0 Å². The van der Waals surface area contributed by atoms with Gasteiger partial charge in [-0.15, -0.1) is 11.3 Å². The minimum absolute atomic E-state index is 0.236. The summed E-state index contributed by atoms with van der Waals surface area (Å²) in [5.41, 5.74) is 6.93. The summed E-state index contributed by atoms with van der Waals surface area (Å²) in [4.78, 5) is 15.1. The predicted molar refractivity (Wildman–Crippen MR) is 149 cm³/mol. The van der Waals surface area contributed by atoms with Gasteiger partial charge in [0.1, 0.15) is 23.2 Å². The summed E-state index contributed by atoms with van der Waals surface area (Å²) in [7, 11) is 0. The van der Waals surface area contributed by atoms with Crippen LogP contribution in [0.3, 0.4) is 0 Å². The zero-order chi connectivity index (χ0) is 24.8. The van der Waals surface area contributed by atoms with E-state index in [1.807, 2.05) is 12.4 Å². The third-order valence-corrected chi connectivity index (χ3v) is 8.03. The molecule has 1 aliphatic rings. The maximum atomic E-state index is 6.23. The quantitative estimate of drug-likeness (QED) is 0.254. The molecular formula is C29H26N6OS. The van der Waals surface area contributed by atoms with Gasteiger partial charge in [0, 0.05) is 44.0 Å². The lowest BCUT2D eigenvalue weighted by molar-refractivity contribution is 0.162. The van der Waals surface area contributed by atoms with Crippen LogP contribution in [0.5, 0.6) is 5.75 Å². The average molecular weight is 507 g/mol. The number of aromatic amines is 2. The van der Waals surface area contributed by atoms with Crippen LogP contribution < -0.4 is 10.1 Å². The van der Waals surface area contributed by atoms with Crippen molar-refractivity contribution in [2.45, 2.75) is 25.9 Å². The number of hydrogen-bond acceptors (Lipinski definition) is 6. The standard InChI is InChI=1S/C29H26N6OS/c1-17-2-5-27(37-17)22-8-11-32-29-23(22)14-26(33-29)28-24-13-18(3-4-25(24)34-35-28)19-12-21(16-31-15-19)36-20-6-9-30-10-7-20/h2-5,8,11-16,20,30H,6-7,9-10H2,1H3,(H,32,33)(H,34,35). The number of thiophene rings is 1. The molecule has 1 saturated heterocycles. The molecule has 7 nitrogen and oxygen atoms in total. The zero-order valence-corrected chi connectivity index (χ0v) is 21.2. The summed E-state index contributed by atoms with van der Waals surface area (Å²) < 4.78 is 6.23. The number of benzene rings is 1. The van der Waals surface area contributed by atoms with Gasteiger partial charge >= 0.3 is 0 Å². The zero-order valence-electron chi connectivity index (χ0n) is 20.4. The van der Waals surface area contributed by atoms with Gasteiger partial charge < -0.3 is 15.0 Å². The highest BCUT2D eigenvalue weighted by molar-refractivity contribution is 7.15. The molecule has 0 bridgehead atoms. The van der Waals surface area contributed by atoms with Gasteiger partial charge in [0.05, 0.1) is 17.4 Å². The summed E-state index contributed by atoms with van der Waals surface area (Å²) in [6.45, 7) is 4.12. The highest BCUT2D eigenvalue weighted by Gasteiger charge is 2.17. The van der Waals surface area contributed by atoms with E-state index >= 15 is 0 Å². The third kappa shape index (κ3) is 4.18. The Morgan fingerprint density at radius 1 is 0.946 bits per heavy atom. The summed E-state index contributed by atoms with van der Waals surface area (Å²) in [6.07, 6.45) is 7.82. The minimum atomic E-state index is 0.236. The first-order chi connectivity index (χ1) is 18.2. The van der Waals surface area contributed by atoms with Crippen molar-refractivity contribution in [2.24, 2.45) is 0 Å². The van der Waals surface area contributed by atoms with Gasteiger partial charge in [-0.2, -0.15) is 5.10 Å². The predicted octanol–water partition coefficient (Wildman–Crippen LogP) is 6.34. The molecule has 1 aliphatic heterocycles. The molecule has 0 radical (unpaired) electrons. The Morgan fingerprint density at radius 3 is 2.73 bits per heavy atom. The molecule has 7 rings (SSSR count). The third-order valence-electron chi connectivity index (χ3n) is 6.99. The Bertz CT molecular complexity index is 1730. The second kappa shape index (κ2) is 9.14. The first-order valence-corrected chi connectivity index (χ1v) is 13.4. The lowest BCUT2D eigenvalue weighted by atomic mass is 10.0. The highest BCUT2D eigenvalue weighted by atomic mass is 32.1. The number of fused-ring (bicyclic) bond motifs is 2. The van der Waals surface area contributed by atoms with Crippen molar-refractivity contribution in [3.8, 4) is 38.7 Å². The first-order valence-electron chi connectivity index (χ1n) is 12.6. The fraction of sp³-hybridized carbons (Fsp3) is 0.207. The molecule has 1 aromatic carbocycles. The van der Waals surface area contributed by atoms with Gasteiger partial charge in [-0.3, -0.25) is 10.1 Å². The number of rotatable bonds is 5. The molecule has 0 aliphatic carbocycles. The van der Waals surface area contributed by atoms with E-state index in [1.165, 1.54) is 15.3 Å². The van der Waals surface area contributed by atoms with E-state index in [4.69, 9.17) is 4.74 Å². The Balaban J connectivity index is 1.26. The average Bonchev–Trinajstić information content (AvgIpc) is 3.66. The molecule has 0 spiro atoms. The van der Waals surface area contributed by atoms with E-state index in [1.54, 1.807) is 17.5 Å². The van der Waals surface area contributed by atoms with Gasteiger partial charge in [-0.05, 0) is 80.9 Å². The molecule has 0 saturated carbocycles. The van der Waals surface area contributed by atoms with Crippen LogP contribution in [0.4, 0.5) is 0 Å². The van der Waals surface area contributed by atoms with Gasteiger partial charge in [-0.1, -0.05) is 6.07 Å². The molecule has 3 N–H and O–H groups in total. The van der Waals surface area contributed by atoms with E-state index in [9.17, 15) is 0 Å². The van der Waals surface area contributed by atoms with Crippen LogP contribution in [0.15, 0.2) is 67.1 Å². The summed E-state index contributed by atoms with van der Waals surface area (Å²) >= 11 is 1.79. The fourth-order valence-corrected chi connectivity index (χ4v) is 6.00. The maximum absolute atomic E-state index is 6.23. The Hall–Kier alpha value is -4.01. The van der Waals surface area contributed by atoms with Gasteiger partial charge in [0.2, 0.25) is 0 Å². The number of pyridine rings is 2. The first kappa shape index (κ1) is 22.2. The van der Waals surface area contributed by atoms with Crippen molar-refractivity contribution in [3.63, 3.8) is 0 Å². The van der Waals surface area contributed by atoms with Crippen LogP contribution >= 0.6 is 11.3 Å². The van der Waals surface area contributed by atoms with Crippen LogP contribution in [0.25, 0.3) is 54.9 Å². The minimum Gasteiger partial charge on any atom is -0.489 e. The molecule has 184 valence electrons. The maximum Gasteiger partial charge on any atom is 0.138 e. The monoisotopic (exact) mass is 506 g/mol. The molecule has 0 amide bonds. The van der Waals surface area contributed by atoms with Crippen LogP contribution in [-0.2, 0) is 0 Å². The van der Waals surface area contributed by atoms with Gasteiger partial charge in [0.25, 0.3) is 0 Å². The van der Waals surface area contributed by atoms with Crippen molar-refractivity contribution in [3.05, 3.63) is 72.0 Å². The molecule has 1 fully saturated rings. The van der Waals surface area contributed by atoms with Gasteiger partial charge in [0.15, 0.2) is 0 Å². The molecule has 6 aromatic rings. The van der Waals surface area contributed by atoms with Crippen LogP contribution in [0.2, 0.25) is 0 Å². The lowest BCUT2D eigenvalue weighted by Crippen LogP contribution is -2.34. The number of nitrogens with zero attached hydrogens (tertiary/aromatic N) is 3. The number of hydrogen-bond donors (Lipinski definition) is 3. The van der Waals surface area contributed by atoms with Crippen molar-refractivity contribution in [1.29, 1.82) is 0 Å². The second-order valence-corrected chi connectivity index (χ2v) is 10.8.